The monoisotopic (exact) mass is 400 g/mol. The molecule has 0 amide bonds. The number of carbonyl (C=O) groups is 1. The highest BCUT2D eigenvalue weighted by Gasteiger charge is 2.65. The fraction of sp³-hybridized carbons (Fsp3) is 0.333. The number of carbonyl (C=O) groups excluding carboxylic acids is 1. The third-order valence-electron chi connectivity index (χ3n) is 4.18. The molecule has 1 fully saturated rings. The summed E-state index contributed by atoms with van der Waals surface area (Å²) in [6, 6.07) is 4.80. The number of ether oxygens (including phenoxy) is 1. The molecule has 1 aromatic heterocycles. The van der Waals surface area contributed by atoms with Crippen molar-refractivity contribution in [3.05, 3.63) is 44.5 Å². The van der Waals surface area contributed by atoms with E-state index in [1.54, 1.807) is 12.1 Å². The van der Waals surface area contributed by atoms with Gasteiger partial charge in [0.1, 0.15) is 11.6 Å². The number of alkyl halides is 2. The molecule has 0 N–H and O–H groups in total. The minimum absolute atomic E-state index is 0.0726. The van der Waals surface area contributed by atoms with Crippen LogP contribution in [0.4, 0.5) is 14.5 Å². The summed E-state index contributed by atoms with van der Waals surface area (Å²) in [6.07, 6.45) is -0.676. The van der Waals surface area contributed by atoms with Gasteiger partial charge in [-0.05, 0) is 18.2 Å². The lowest BCUT2D eigenvalue weighted by atomic mass is 9.61. The molecule has 0 radical (unpaired) electrons. The van der Waals surface area contributed by atoms with Gasteiger partial charge in [-0.2, -0.15) is 0 Å². The van der Waals surface area contributed by atoms with Gasteiger partial charge in [-0.1, -0.05) is 15.9 Å². The molecule has 0 aliphatic heterocycles. The lowest BCUT2D eigenvalue weighted by Crippen LogP contribution is -2.55. The quantitative estimate of drug-likeness (QED) is 0.445. The first-order chi connectivity index (χ1) is 11.2. The van der Waals surface area contributed by atoms with E-state index >= 15 is 0 Å². The average Bonchev–Trinajstić information content (AvgIpc) is 2.49. The zero-order chi connectivity index (χ0) is 17.7. The van der Waals surface area contributed by atoms with Crippen LogP contribution < -0.4 is 0 Å². The van der Waals surface area contributed by atoms with Crippen molar-refractivity contribution in [2.45, 2.75) is 24.2 Å². The number of rotatable bonds is 3. The van der Waals surface area contributed by atoms with Crippen molar-refractivity contribution in [2.24, 2.45) is 0 Å². The molecule has 0 saturated heterocycles. The zero-order valence-electron chi connectivity index (χ0n) is 12.4. The molecule has 1 aliphatic carbocycles. The fourth-order valence-electron chi connectivity index (χ4n) is 3.25. The van der Waals surface area contributed by atoms with E-state index in [0.717, 1.165) is 13.3 Å². The van der Waals surface area contributed by atoms with Gasteiger partial charge in [-0.15, -0.1) is 0 Å². The van der Waals surface area contributed by atoms with Crippen LogP contribution in [0.15, 0.2) is 28.9 Å². The second-order valence-electron chi connectivity index (χ2n) is 5.72. The Morgan fingerprint density at radius 2 is 2.08 bits per heavy atom. The van der Waals surface area contributed by atoms with E-state index in [1.165, 1.54) is 6.07 Å². The molecule has 3 rings (SSSR count). The highest BCUT2D eigenvalue weighted by Crippen LogP contribution is 2.57. The summed E-state index contributed by atoms with van der Waals surface area (Å²) in [6.45, 7) is 0. The maximum absolute atomic E-state index is 13.6. The van der Waals surface area contributed by atoms with Gasteiger partial charge in [-0.3, -0.25) is 14.9 Å². The summed E-state index contributed by atoms with van der Waals surface area (Å²) in [5.41, 5.74) is -1.93. The van der Waals surface area contributed by atoms with E-state index in [4.69, 9.17) is 4.74 Å². The van der Waals surface area contributed by atoms with Crippen LogP contribution >= 0.6 is 15.9 Å². The standard InChI is InChI=1S/C15H11BrF2N2O4/c1-24-13(21)14(6-15(17,18)7-14)12-9-4-8(16)2-3-10(9)19-5-11(12)20(22)23/h2-5H,6-7H2,1H3. The molecule has 0 spiro atoms. The molecular formula is C15H11BrF2N2O4. The van der Waals surface area contributed by atoms with E-state index < -0.39 is 40.8 Å². The van der Waals surface area contributed by atoms with Crippen molar-refractivity contribution in [2.75, 3.05) is 7.11 Å². The van der Waals surface area contributed by atoms with Crippen molar-refractivity contribution in [3.63, 3.8) is 0 Å². The molecule has 1 aromatic carbocycles. The van der Waals surface area contributed by atoms with Gasteiger partial charge in [0.15, 0.2) is 0 Å². The number of hydrogen-bond donors (Lipinski definition) is 0. The number of benzene rings is 1. The van der Waals surface area contributed by atoms with Crippen LogP contribution in [-0.4, -0.2) is 28.9 Å². The Hall–Kier alpha value is -2.16. The van der Waals surface area contributed by atoms with Crippen LogP contribution in [0, 0.1) is 10.1 Å². The number of nitrogens with zero attached hydrogens (tertiary/aromatic N) is 2. The highest BCUT2D eigenvalue weighted by atomic mass is 79.9. The van der Waals surface area contributed by atoms with Gasteiger partial charge in [0.2, 0.25) is 0 Å². The number of esters is 1. The van der Waals surface area contributed by atoms with E-state index in [0.29, 0.717) is 9.99 Å². The smallest absolute Gasteiger partial charge is 0.317 e. The predicted octanol–water partition coefficient (Wildman–Crippen LogP) is 3.75. The number of nitro groups is 1. The molecule has 1 saturated carbocycles. The van der Waals surface area contributed by atoms with Crippen molar-refractivity contribution in [1.82, 2.24) is 4.98 Å². The van der Waals surface area contributed by atoms with Crippen molar-refractivity contribution < 1.29 is 23.2 Å². The first-order valence-electron chi connectivity index (χ1n) is 6.89. The molecule has 0 unspecified atom stereocenters. The van der Waals surface area contributed by atoms with E-state index in [-0.39, 0.29) is 10.9 Å². The van der Waals surface area contributed by atoms with E-state index in [2.05, 4.69) is 20.9 Å². The van der Waals surface area contributed by atoms with Crippen LogP contribution in [-0.2, 0) is 14.9 Å². The topological polar surface area (TPSA) is 82.3 Å². The number of methoxy groups -OCH3 is 1. The van der Waals surface area contributed by atoms with Crippen LogP contribution in [0.2, 0.25) is 0 Å². The number of pyridine rings is 1. The lowest BCUT2D eigenvalue weighted by molar-refractivity contribution is -0.386. The summed E-state index contributed by atoms with van der Waals surface area (Å²) >= 11 is 3.25. The Balaban J connectivity index is 2.37. The normalized spacial score (nSPS) is 18.0. The second kappa shape index (κ2) is 5.44. The maximum Gasteiger partial charge on any atom is 0.317 e. The summed E-state index contributed by atoms with van der Waals surface area (Å²) in [7, 11) is 1.08. The van der Waals surface area contributed by atoms with Crippen LogP contribution in [0.25, 0.3) is 10.9 Å². The third-order valence-corrected chi connectivity index (χ3v) is 4.68. The molecule has 0 atom stereocenters. The van der Waals surface area contributed by atoms with Gasteiger partial charge in [-0.25, -0.2) is 13.8 Å². The third kappa shape index (κ3) is 2.43. The summed E-state index contributed by atoms with van der Waals surface area (Å²) in [5.74, 6) is -3.99. The number of aromatic nitrogens is 1. The molecule has 126 valence electrons. The van der Waals surface area contributed by atoms with Crippen molar-refractivity contribution in [3.8, 4) is 0 Å². The molecule has 9 heteroatoms. The Morgan fingerprint density at radius 3 is 2.62 bits per heavy atom. The van der Waals surface area contributed by atoms with E-state index in [1.807, 2.05) is 0 Å². The van der Waals surface area contributed by atoms with Gasteiger partial charge in [0, 0.05) is 22.7 Å². The fourth-order valence-corrected chi connectivity index (χ4v) is 3.61. The molecule has 6 nitrogen and oxygen atoms in total. The lowest BCUT2D eigenvalue weighted by Gasteiger charge is -2.44. The number of hydrogen-bond acceptors (Lipinski definition) is 5. The number of fused-ring (bicyclic) bond motifs is 1. The van der Waals surface area contributed by atoms with Crippen molar-refractivity contribution >= 4 is 38.5 Å². The van der Waals surface area contributed by atoms with Gasteiger partial charge in [0.25, 0.3) is 11.6 Å². The summed E-state index contributed by atoms with van der Waals surface area (Å²) < 4.78 is 32.5. The molecule has 1 aliphatic rings. The van der Waals surface area contributed by atoms with Gasteiger partial charge in [0.05, 0.1) is 23.1 Å². The Labute approximate surface area is 143 Å². The minimum Gasteiger partial charge on any atom is -0.468 e. The predicted molar refractivity (Wildman–Crippen MR) is 84.0 cm³/mol. The molecule has 24 heavy (non-hydrogen) atoms. The number of halogens is 3. The SMILES string of the molecule is COC(=O)C1(c2c([N+](=O)[O-])cnc3ccc(Br)cc23)CC(F)(F)C1. The first kappa shape index (κ1) is 16.7. The summed E-state index contributed by atoms with van der Waals surface area (Å²) in [5, 5.41) is 11.7. The molecule has 1 heterocycles. The highest BCUT2D eigenvalue weighted by molar-refractivity contribution is 9.10. The largest absolute Gasteiger partial charge is 0.468 e. The van der Waals surface area contributed by atoms with Crippen molar-refractivity contribution in [1.29, 1.82) is 0 Å². The first-order valence-corrected chi connectivity index (χ1v) is 7.69. The Kier molecular flexibility index (Phi) is 3.78. The molecule has 0 bridgehead atoms. The zero-order valence-corrected chi connectivity index (χ0v) is 14.0. The Bertz CT molecular complexity index is 864. The van der Waals surface area contributed by atoms with Gasteiger partial charge >= 0.3 is 5.97 Å². The second-order valence-corrected chi connectivity index (χ2v) is 6.64. The van der Waals surface area contributed by atoms with Gasteiger partial charge < -0.3 is 4.74 Å². The van der Waals surface area contributed by atoms with E-state index in [9.17, 15) is 23.7 Å². The summed E-state index contributed by atoms with van der Waals surface area (Å²) in [4.78, 5) is 27.0. The average molecular weight is 401 g/mol. The maximum atomic E-state index is 13.6. The molecule has 2 aromatic rings. The minimum atomic E-state index is -3.08. The van der Waals surface area contributed by atoms with Crippen LogP contribution in [0.5, 0.6) is 0 Å². The Morgan fingerprint density at radius 1 is 1.42 bits per heavy atom. The molecular weight excluding hydrogens is 390 g/mol. The van der Waals surface area contributed by atoms with Crippen LogP contribution in [0.1, 0.15) is 18.4 Å². The van der Waals surface area contributed by atoms with Crippen LogP contribution in [0.3, 0.4) is 0 Å².